The minimum Gasteiger partial charge on any atom is -0.278 e. The molecule has 10 rings (SSSR count). The van der Waals surface area contributed by atoms with Gasteiger partial charge < -0.3 is 0 Å². The summed E-state index contributed by atoms with van der Waals surface area (Å²) in [6.07, 6.45) is 6.08. The Labute approximate surface area is 274 Å². The van der Waals surface area contributed by atoms with Crippen LogP contribution < -0.4 is 0 Å². The van der Waals surface area contributed by atoms with E-state index in [1.165, 1.54) is 68.6 Å². The zero-order valence-corrected chi connectivity index (χ0v) is 26.2. The summed E-state index contributed by atoms with van der Waals surface area (Å²) < 4.78 is 2.41. The Morgan fingerprint density at radius 3 is 1.81 bits per heavy atom. The first-order chi connectivity index (χ1) is 23.3. The SMILES string of the molecule is c1ccc(-c2cc(-c3ccccc3)nc(-n3c4ccccc4c4c5ccccc5c5c(c43)C3(CCCCC3)c3ccccc3-5)n2)cc1. The molecule has 0 bridgehead atoms. The standard InChI is InChI=1S/C44H33N3/c1-4-16-29(17-5-1)36-28-37(30-18-6-2-7-19-30)46-43(45-36)47-38-25-13-11-23-34(38)40-32-21-9-8-20-31(32)39-33-22-10-12-24-35(33)44(41(39)42(40)47)26-14-3-15-27-44/h1-2,4-13,16-25,28H,3,14-15,26-27H2. The van der Waals surface area contributed by atoms with Gasteiger partial charge in [-0.05, 0) is 58.0 Å². The molecule has 0 radical (unpaired) electrons. The zero-order chi connectivity index (χ0) is 31.0. The maximum atomic E-state index is 5.41. The molecule has 224 valence electrons. The highest BCUT2D eigenvalue weighted by Crippen LogP contribution is 2.60. The van der Waals surface area contributed by atoms with Gasteiger partial charge in [-0.25, -0.2) is 9.97 Å². The van der Waals surface area contributed by atoms with Gasteiger partial charge in [-0.2, -0.15) is 0 Å². The third-order valence-corrected chi connectivity index (χ3v) is 10.8. The van der Waals surface area contributed by atoms with Crippen molar-refractivity contribution in [2.45, 2.75) is 37.5 Å². The van der Waals surface area contributed by atoms with Gasteiger partial charge >= 0.3 is 0 Å². The minimum atomic E-state index is -0.0438. The molecule has 0 amide bonds. The van der Waals surface area contributed by atoms with Crippen molar-refractivity contribution in [2.24, 2.45) is 0 Å². The lowest BCUT2D eigenvalue weighted by molar-refractivity contribution is 0.354. The summed E-state index contributed by atoms with van der Waals surface area (Å²) in [4.78, 5) is 10.8. The number of para-hydroxylation sites is 1. The fraction of sp³-hybridized carbons (Fsp3) is 0.136. The summed E-state index contributed by atoms with van der Waals surface area (Å²) in [5.41, 5.74) is 12.1. The van der Waals surface area contributed by atoms with Crippen molar-refractivity contribution < 1.29 is 0 Å². The van der Waals surface area contributed by atoms with Crippen LogP contribution in [-0.2, 0) is 5.41 Å². The molecular weight excluding hydrogens is 571 g/mol. The van der Waals surface area contributed by atoms with E-state index in [1.807, 2.05) is 0 Å². The summed E-state index contributed by atoms with van der Waals surface area (Å²) in [7, 11) is 0. The van der Waals surface area contributed by atoms with Crippen molar-refractivity contribution in [1.82, 2.24) is 14.5 Å². The summed E-state index contributed by atoms with van der Waals surface area (Å²) in [6, 6.07) is 50.4. The van der Waals surface area contributed by atoms with Gasteiger partial charge in [0.2, 0.25) is 5.95 Å². The highest BCUT2D eigenvalue weighted by Gasteiger charge is 2.47. The topological polar surface area (TPSA) is 30.7 Å². The predicted octanol–water partition coefficient (Wildman–Crippen LogP) is 11.3. The first-order valence-electron chi connectivity index (χ1n) is 16.9. The van der Waals surface area contributed by atoms with Crippen LogP contribution in [0.15, 0.2) is 140 Å². The van der Waals surface area contributed by atoms with Crippen LogP contribution in [0.2, 0.25) is 0 Å². The Morgan fingerprint density at radius 1 is 0.532 bits per heavy atom. The average molecular weight is 604 g/mol. The zero-order valence-electron chi connectivity index (χ0n) is 26.2. The molecule has 0 N–H and O–H groups in total. The van der Waals surface area contributed by atoms with Gasteiger partial charge in [0.1, 0.15) is 0 Å². The number of fused-ring (bicyclic) bond motifs is 12. The van der Waals surface area contributed by atoms with E-state index < -0.39 is 0 Å². The molecule has 0 unspecified atom stereocenters. The number of hydrogen-bond donors (Lipinski definition) is 0. The van der Waals surface area contributed by atoms with Gasteiger partial charge in [0.25, 0.3) is 0 Å². The van der Waals surface area contributed by atoms with Crippen molar-refractivity contribution in [3.05, 3.63) is 151 Å². The Hall–Kier alpha value is -5.54. The molecule has 0 atom stereocenters. The predicted molar refractivity (Wildman–Crippen MR) is 194 cm³/mol. The van der Waals surface area contributed by atoms with Crippen LogP contribution in [0.3, 0.4) is 0 Å². The highest BCUT2D eigenvalue weighted by molar-refractivity contribution is 6.26. The molecule has 0 saturated heterocycles. The lowest BCUT2D eigenvalue weighted by Gasteiger charge is -2.36. The van der Waals surface area contributed by atoms with Crippen LogP contribution in [0.4, 0.5) is 0 Å². The summed E-state index contributed by atoms with van der Waals surface area (Å²) in [5.74, 6) is 0.718. The van der Waals surface area contributed by atoms with Gasteiger partial charge in [0.15, 0.2) is 0 Å². The van der Waals surface area contributed by atoms with E-state index in [-0.39, 0.29) is 5.41 Å². The van der Waals surface area contributed by atoms with Crippen LogP contribution in [0.25, 0.3) is 72.2 Å². The van der Waals surface area contributed by atoms with Crippen molar-refractivity contribution in [3.63, 3.8) is 0 Å². The number of hydrogen-bond acceptors (Lipinski definition) is 2. The summed E-state index contributed by atoms with van der Waals surface area (Å²) in [5, 5.41) is 5.19. The largest absolute Gasteiger partial charge is 0.278 e. The summed E-state index contributed by atoms with van der Waals surface area (Å²) >= 11 is 0. The normalized spacial score (nSPS) is 15.0. The van der Waals surface area contributed by atoms with Gasteiger partial charge in [-0.1, -0.05) is 147 Å². The van der Waals surface area contributed by atoms with E-state index in [0.717, 1.165) is 46.8 Å². The van der Waals surface area contributed by atoms with E-state index in [1.54, 1.807) is 0 Å². The monoisotopic (exact) mass is 603 g/mol. The highest BCUT2D eigenvalue weighted by atomic mass is 15.2. The second-order valence-corrected chi connectivity index (χ2v) is 13.2. The Bertz CT molecular complexity index is 2430. The van der Waals surface area contributed by atoms with Crippen molar-refractivity contribution in [3.8, 4) is 39.6 Å². The molecule has 1 saturated carbocycles. The van der Waals surface area contributed by atoms with E-state index in [9.17, 15) is 0 Å². The van der Waals surface area contributed by atoms with E-state index in [0.29, 0.717) is 0 Å². The second-order valence-electron chi connectivity index (χ2n) is 13.2. The molecule has 8 aromatic rings. The van der Waals surface area contributed by atoms with E-state index in [2.05, 4.69) is 144 Å². The van der Waals surface area contributed by atoms with Gasteiger partial charge in [-0.15, -0.1) is 0 Å². The van der Waals surface area contributed by atoms with Crippen LogP contribution in [0.5, 0.6) is 0 Å². The maximum Gasteiger partial charge on any atom is 0.235 e. The van der Waals surface area contributed by atoms with Crippen molar-refractivity contribution in [1.29, 1.82) is 0 Å². The van der Waals surface area contributed by atoms with Crippen molar-refractivity contribution in [2.75, 3.05) is 0 Å². The quantitative estimate of drug-likeness (QED) is 0.201. The molecule has 3 heteroatoms. The molecular formula is C44H33N3. The smallest absolute Gasteiger partial charge is 0.235 e. The van der Waals surface area contributed by atoms with Crippen LogP contribution in [0, 0.1) is 0 Å². The third kappa shape index (κ3) is 3.80. The lowest BCUT2D eigenvalue weighted by Crippen LogP contribution is -2.28. The fourth-order valence-corrected chi connectivity index (χ4v) is 8.85. The maximum absolute atomic E-state index is 5.41. The molecule has 1 spiro atoms. The van der Waals surface area contributed by atoms with Gasteiger partial charge in [0.05, 0.1) is 22.4 Å². The number of rotatable bonds is 3. The molecule has 2 aromatic heterocycles. The van der Waals surface area contributed by atoms with Gasteiger partial charge in [0, 0.05) is 27.3 Å². The minimum absolute atomic E-state index is 0.0438. The lowest BCUT2D eigenvalue weighted by atomic mass is 9.67. The molecule has 0 aliphatic heterocycles. The molecule has 6 aromatic carbocycles. The third-order valence-electron chi connectivity index (χ3n) is 10.8. The molecule has 3 nitrogen and oxygen atoms in total. The average Bonchev–Trinajstić information content (AvgIpc) is 3.63. The van der Waals surface area contributed by atoms with Crippen LogP contribution in [0.1, 0.15) is 43.2 Å². The van der Waals surface area contributed by atoms with E-state index in [4.69, 9.17) is 9.97 Å². The van der Waals surface area contributed by atoms with Crippen molar-refractivity contribution >= 4 is 32.6 Å². The number of nitrogens with zero attached hydrogens (tertiary/aromatic N) is 3. The molecule has 1 fully saturated rings. The first kappa shape index (κ1) is 26.7. The Balaban J connectivity index is 1.41. The Kier molecular flexibility index (Phi) is 5.80. The molecule has 2 aliphatic carbocycles. The molecule has 2 aliphatic rings. The van der Waals surface area contributed by atoms with E-state index >= 15 is 0 Å². The molecule has 47 heavy (non-hydrogen) atoms. The fourth-order valence-electron chi connectivity index (χ4n) is 8.85. The van der Waals surface area contributed by atoms with Crippen LogP contribution in [-0.4, -0.2) is 14.5 Å². The van der Waals surface area contributed by atoms with Gasteiger partial charge in [-0.3, -0.25) is 4.57 Å². The summed E-state index contributed by atoms with van der Waals surface area (Å²) in [6.45, 7) is 0. The first-order valence-corrected chi connectivity index (χ1v) is 16.9. The number of aromatic nitrogens is 3. The second kappa shape index (κ2) is 10.2. The number of benzene rings is 6. The molecule has 2 heterocycles. The Morgan fingerprint density at radius 2 is 1.11 bits per heavy atom. The van der Waals surface area contributed by atoms with Crippen LogP contribution >= 0.6 is 0 Å².